The van der Waals surface area contributed by atoms with Crippen molar-refractivity contribution in [2.24, 2.45) is 5.92 Å². The van der Waals surface area contributed by atoms with Gasteiger partial charge in [0.05, 0.1) is 5.56 Å². The summed E-state index contributed by atoms with van der Waals surface area (Å²) in [5.41, 5.74) is 3.16. The van der Waals surface area contributed by atoms with E-state index in [2.05, 4.69) is 10.3 Å². The van der Waals surface area contributed by atoms with Crippen LogP contribution < -0.4 is 10.2 Å². The highest BCUT2D eigenvalue weighted by Gasteiger charge is 2.22. The minimum absolute atomic E-state index is 0.163. The highest BCUT2D eigenvalue weighted by molar-refractivity contribution is 5.97. The summed E-state index contributed by atoms with van der Waals surface area (Å²) in [6.07, 6.45) is 3.51. The highest BCUT2D eigenvalue weighted by Crippen LogP contribution is 2.22. The predicted octanol–water partition coefficient (Wildman–Crippen LogP) is 3.04. The quantitative estimate of drug-likeness (QED) is 0.798. The Balaban J connectivity index is 2.19. The molecule has 0 aliphatic carbocycles. The Morgan fingerprint density at radius 3 is 2.31 bits per heavy atom. The van der Waals surface area contributed by atoms with Gasteiger partial charge in [0.25, 0.3) is 5.91 Å². The molecule has 0 unspecified atom stereocenters. The third-order valence-electron chi connectivity index (χ3n) is 4.03. The van der Waals surface area contributed by atoms with E-state index in [1.165, 1.54) is 6.20 Å². The van der Waals surface area contributed by atoms with Gasteiger partial charge in [0.1, 0.15) is 6.04 Å². The van der Waals surface area contributed by atoms with Crippen LogP contribution in [-0.2, 0) is 4.79 Å². The van der Waals surface area contributed by atoms with E-state index in [0.717, 1.165) is 16.8 Å². The summed E-state index contributed by atoms with van der Waals surface area (Å²) in [6.45, 7) is 3.84. The number of carbonyl (C=O) groups excluding carboxylic acids is 1. The molecular weight excluding hydrogens is 330 g/mol. The van der Waals surface area contributed by atoms with Crippen LogP contribution in [0.1, 0.15) is 30.6 Å². The summed E-state index contributed by atoms with van der Waals surface area (Å²) in [7, 11) is 3.94. The molecule has 0 spiro atoms. The first-order valence-corrected chi connectivity index (χ1v) is 8.54. The fraction of sp³-hybridized carbons (Fsp3) is 0.350. The molecule has 0 saturated carbocycles. The van der Waals surface area contributed by atoms with Crippen LogP contribution in [0.5, 0.6) is 0 Å². The van der Waals surface area contributed by atoms with Crippen LogP contribution >= 0.6 is 0 Å². The zero-order valence-corrected chi connectivity index (χ0v) is 15.6. The van der Waals surface area contributed by atoms with Crippen LogP contribution in [0.4, 0.5) is 5.69 Å². The van der Waals surface area contributed by atoms with Crippen LogP contribution in [0.15, 0.2) is 42.7 Å². The fourth-order valence-corrected chi connectivity index (χ4v) is 2.61. The summed E-state index contributed by atoms with van der Waals surface area (Å²) in [6, 6.07) is 8.72. The van der Waals surface area contributed by atoms with E-state index in [-0.39, 0.29) is 5.92 Å². The molecule has 2 rings (SSSR count). The molecule has 0 fully saturated rings. The number of benzene rings is 1. The molecule has 0 radical (unpaired) electrons. The fourth-order valence-electron chi connectivity index (χ4n) is 2.61. The highest BCUT2D eigenvalue weighted by atomic mass is 16.4. The number of nitrogens with zero attached hydrogens (tertiary/aromatic N) is 2. The first kappa shape index (κ1) is 19.4. The molecule has 1 atom stereocenters. The summed E-state index contributed by atoms with van der Waals surface area (Å²) in [5, 5.41) is 11.9. The lowest BCUT2D eigenvalue weighted by Gasteiger charge is -2.16. The van der Waals surface area contributed by atoms with E-state index in [4.69, 9.17) is 0 Å². The monoisotopic (exact) mass is 355 g/mol. The second kappa shape index (κ2) is 8.47. The Morgan fingerprint density at radius 1 is 1.12 bits per heavy atom. The lowest BCUT2D eigenvalue weighted by molar-refractivity contribution is -0.139. The van der Waals surface area contributed by atoms with Gasteiger partial charge in [-0.1, -0.05) is 26.0 Å². The molecular formula is C20H25N3O3. The van der Waals surface area contributed by atoms with Crippen molar-refractivity contribution >= 4 is 17.6 Å². The second-order valence-corrected chi connectivity index (χ2v) is 6.90. The molecule has 0 aliphatic heterocycles. The van der Waals surface area contributed by atoms with Crippen molar-refractivity contribution in [1.29, 1.82) is 0 Å². The topological polar surface area (TPSA) is 82.5 Å². The molecule has 2 N–H and O–H groups in total. The van der Waals surface area contributed by atoms with Crippen LogP contribution in [0, 0.1) is 5.92 Å². The maximum atomic E-state index is 12.4. The zero-order chi connectivity index (χ0) is 19.3. The van der Waals surface area contributed by atoms with Crippen LogP contribution in [0.3, 0.4) is 0 Å². The number of carboxylic acid groups (broad SMARTS) is 1. The largest absolute Gasteiger partial charge is 0.480 e. The molecule has 1 amide bonds. The summed E-state index contributed by atoms with van der Waals surface area (Å²) >= 11 is 0. The number of hydrogen-bond acceptors (Lipinski definition) is 4. The van der Waals surface area contributed by atoms with Crippen LogP contribution in [-0.4, -0.2) is 42.1 Å². The van der Waals surface area contributed by atoms with Gasteiger partial charge in [-0.25, -0.2) is 4.79 Å². The van der Waals surface area contributed by atoms with Gasteiger partial charge in [0, 0.05) is 37.7 Å². The summed E-state index contributed by atoms with van der Waals surface area (Å²) in [5.74, 6) is -1.30. The molecule has 1 aromatic heterocycles. The van der Waals surface area contributed by atoms with Crippen molar-refractivity contribution in [2.75, 3.05) is 19.0 Å². The molecule has 0 bridgehead atoms. The number of aromatic nitrogens is 1. The maximum Gasteiger partial charge on any atom is 0.326 e. The lowest BCUT2D eigenvalue weighted by atomic mass is 10.0. The van der Waals surface area contributed by atoms with Crippen molar-refractivity contribution < 1.29 is 14.7 Å². The zero-order valence-electron chi connectivity index (χ0n) is 15.6. The first-order valence-electron chi connectivity index (χ1n) is 8.54. The van der Waals surface area contributed by atoms with Gasteiger partial charge in [-0.2, -0.15) is 0 Å². The maximum absolute atomic E-state index is 12.4. The van der Waals surface area contributed by atoms with Crippen molar-refractivity contribution in [2.45, 2.75) is 26.3 Å². The molecule has 0 aliphatic rings. The number of hydrogen-bond donors (Lipinski definition) is 2. The molecule has 26 heavy (non-hydrogen) atoms. The van der Waals surface area contributed by atoms with Crippen molar-refractivity contribution in [3.63, 3.8) is 0 Å². The minimum atomic E-state index is -1.03. The molecule has 0 saturated heterocycles. The van der Waals surface area contributed by atoms with Crippen LogP contribution in [0.25, 0.3) is 11.1 Å². The molecule has 138 valence electrons. The van der Waals surface area contributed by atoms with E-state index in [9.17, 15) is 14.7 Å². The number of aliphatic carboxylic acids is 1. The number of amides is 1. The lowest BCUT2D eigenvalue weighted by Crippen LogP contribution is -2.41. The van der Waals surface area contributed by atoms with Crippen molar-refractivity contribution in [3.05, 3.63) is 48.3 Å². The molecule has 1 aromatic carbocycles. The number of carboxylic acids is 1. The Hall–Kier alpha value is -2.89. The van der Waals surface area contributed by atoms with E-state index in [1.54, 1.807) is 12.3 Å². The Kier molecular flexibility index (Phi) is 6.33. The minimum Gasteiger partial charge on any atom is -0.480 e. The number of anilines is 1. The number of carbonyl (C=O) groups is 2. The Morgan fingerprint density at radius 2 is 1.77 bits per heavy atom. The SMILES string of the molecule is CC(C)C[C@H](NC(=O)c1cncc(-c2ccc(N(C)C)cc2)c1)C(=O)O. The first-order chi connectivity index (χ1) is 12.3. The molecule has 6 nitrogen and oxygen atoms in total. The van der Waals surface area contributed by atoms with Gasteiger partial charge in [-0.15, -0.1) is 0 Å². The summed E-state index contributed by atoms with van der Waals surface area (Å²) in [4.78, 5) is 29.9. The average molecular weight is 355 g/mol. The average Bonchev–Trinajstić information content (AvgIpc) is 2.60. The van der Waals surface area contributed by atoms with Crippen LogP contribution in [0.2, 0.25) is 0 Å². The number of nitrogens with one attached hydrogen (secondary N) is 1. The number of pyridine rings is 1. The van der Waals surface area contributed by atoms with Gasteiger partial charge < -0.3 is 15.3 Å². The van der Waals surface area contributed by atoms with Gasteiger partial charge in [-0.3, -0.25) is 9.78 Å². The Labute approximate surface area is 153 Å². The third kappa shape index (κ3) is 5.05. The Bertz CT molecular complexity index is 770. The van der Waals surface area contributed by atoms with Gasteiger partial charge in [-0.05, 0) is 36.1 Å². The van der Waals surface area contributed by atoms with Crippen molar-refractivity contribution in [1.82, 2.24) is 10.3 Å². The van der Waals surface area contributed by atoms with Crippen molar-refractivity contribution in [3.8, 4) is 11.1 Å². The molecule has 6 heteroatoms. The van der Waals surface area contributed by atoms with E-state index < -0.39 is 17.9 Å². The number of rotatable bonds is 7. The standard InChI is InChI=1S/C20H25N3O3/c1-13(2)9-18(20(25)26)22-19(24)16-10-15(11-21-12-16)14-5-7-17(8-6-14)23(3)4/h5-8,10-13,18H,9H2,1-4H3,(H,22,24)(H,25,26)/t18-/m0/s1. The summed E-state index contributed by atoms with van der Waals surface area (Å²) < 4.78 is 0. The molecule has 1 heterocycles. The second-order valence-electron chi connectivity index (χ2n) is 6.90. The predicted molar refractivity (Wildman–Crippen MR) is 102 cm³/mol. The normalized spacial score (nSPS) is 11.9. The van der Waals surface area contributed by atoms with E-state index in [0.29, 0.717) is 12.0 Å². The molecule has 2 aromatic rings. The van der Waals surface area contributed by atoms with E-state index >= 15 is 0 Å². The van der Waals surface area contributed by atoms with Gasteiger partial charge >= 0.3 is 5.97 Å². The van der Waals surface area contributed by atoms with Gasteiger partial charge in [0.15, 0.2) is 0 Å². The van der Waals surface area contributed by atoms with E-state index in [1.807, 2.05) is 57.1 Å². The van der Waals surface area contributed by atoms with Gasteiger partial charge in [0.2, 0.25) is 0 Å². The third-order valence-corrected chi connectivity index (χ3v) is 4.03. The smallest absolute Gasteiger partial charge is 0.326 e.